The number of non-ortho nitro benzene ring substituents is 1. The Labute approximate surface area is 197 Å². The van der Waals surface area contributed by atoms with E-state index in [4.69, 9.17) is 16.3 Å². The number of amides is 1. The van der Waals surface area contributed by atoms with Crippen LogP contribution in [-0.2, 0) is 9.53 Å². The third-order valence-corrected chi connectivity index (χ3v) is 5.58. The predicted octanol–water partition coefficient (Wildman–Crippen LogP) is 5.70. The number of carbonyl (C=O) groups excluding carboxylic acids is 2. The first kappa shape index (κ1) is 23.7. The van der Waals surface area contributed by atoms with Gasteiger partial charge in [-0.1, -0.05) is 23.7 Å². The van der Waals surface area contributed by atoms with Gasteiger partial charge in [-0.05, 0) is 48.4 Å². The van der Waals surface area contributed by atoms with Crippen molar-refractivity contribution in [2.75, 3.05) is 11.9 Å². The van der Waals surface area contributed by atoms with Gasteiger partial charge in [0.25, 0.3) is 11.6 Å². The topological polar surface area (TPSA) is 122 Å². The smallest absolute Gasteiger partial charge is 0.341 e. The molecular weight excluding hydrogens is 466 g/mol. The molecule has 0 aliphatic heterocycles. The molecule has 1 amide bonds. The summed E-state index contributed by atoms with van der Waals surface area (Å²) in [6, 6.07) is 14.1. The van der Waals surface area contributed by atoms with Gasteiger partial charge in [-0.15, -0.1) is 11.3 Å². The van der Waals surface area contributed by atoms with E-state index in [1.54, 1.807) is 36.6 Å². The molecule has 0 aliphatic carbocycles. The maximum atomic E-state index is 12.8. The molecule has 0 fully saturated rings. The average Bonchev–Trinajstić information content (AvgIpc) is 3.22. The molecule has 1 aromatic heterocycles. The number of ether oxygens (including phenoxy) is 1. The number of halogens is 1. The van der Waals surface area contributed by atoms with Crippen molar-refractivity contribution in [2.24, 2.45) is 0 Å². The Hall–Kier alpha value is -4.00. The van der Waals surface area contributed by atoms with E-state index < -0.39 is 16.8 Å². The van der Waals surface area contributed by atoms with Gasteiger partial charge in [0.1, 0.15) is 22.2 Å². The van der Waals surface area contributed by atoms with Crippen LogP contribution in [-0.4, -0.2) is 23.4 Å². The zero-order valence-electron chi connectivity index (χ0n) is 17.2. The van der Waals surface area contributed by atoms with E-state index in [1.807, 2.05) is 6.07 Å². The maximum Gasteiger partial charge on any atom is 0.341 e. The largest absolute Gasteiger partial charge is 0.462 e. The monoisotopic (exact) mass is 481 g/mol. The summed E-state index contributed by atoms with van der Waals surface area (Å²) < 4.78 is 5.14. The molecule has 0 spiro atoms. The van der Waals surface area contributed by atoms with Gasteiger partial charge in [-0.25, -0.2) is 4.79 Å². The summed E-state index contributed by atoms with van der Waals surface area (Å²) >= 11 is 6.94. The predicted molar refractivity (Wildman–Crippen MR) is 126 cm³/mol. The van der Waals surface area contributed by atoms with Crippen molar-refractivity contribution in [3.63, 3.8) is 0 Å². The SMILES string of the molecule is CCOC(=O)c1c(-c2ccc([N+](=O)[O-])cc2)csc1NC(=O)C(C#N)=Cc1ccc(Cl)cc1. The van der Waals surface area contributed by atoms with Gasteiger partial charge in [0, 0.05) is 28.1 Å². The Kier molecular flexibility index (Phi) is 7.56. The molecule has 2 aromatic carbocycles. The number of rotatable bonds is 7. The lowest BCUT2D eigenvalue weighted by atomic mass is 10.0. The van der Waals surface area contributed by atoms with E-state index >= 15 is 0 Å². The molecule has 8 nitrogen and oxygen atoms in total. The van der Waals surface area contributed by atoms with E-state index in [0.717, 1.165) is 11.3 Å². The van der Waals surface area contributed by atoms with Crippen molar-refractivity contribution in [1.82, 2.24) is 0 Å². The van der Waals surface area contributed by atoms with Crippen LogP contribution in [0.5, 0.6) is 0 Å². The van der Waals surface area contributed by atoms with Gasteiger partial charge in [-0.2, -0.15) is 5.26 Å². The number of hydrogen-bond donors (Lipinski definition) is 1. The summed E-state index contributed by atoms with van der Waals surface area (Å²) in [5.74, 6) is -1.36. The van der Waals surface area contributed by atoms with Gasteiger partial charge in [0.05, 0.1) is 11.5 Å². The van der Waals surface area contributed by atoms with Crippen LogP contribution in [0.1, 0.15) is 22.8 Å². The van der Waals surface area contributed by atoms with Gasteiger partial charge in [0.2, 0.25) is 0 Å². The highest BCUT2D eigenvalue weighted by Crippen LogP contribution is 2.37. The number of nitrogens with one attached hydrogen (secondary N) is 1. The van der Waals surface area contributed by atoms with Crippen molar-refractivity contribution in [3.8, 4) is 17.2 Å². The number of nitriles is 1. The third kappa shape index (κ3) is 5.63. The summed E-state index contributed by atoms with van der Waals surface area (Å²) in [4.78, 5) is 35.8. The van der Waals surface area contributed by atoms with Crippen molar-refractivity contribution >= 4 is 51.6 Å². The molecular formula is C23H16ClN3O5S. The summed E-state index contributed by atoms with van der Waals surface area (Å²) in [5.41, 5.74) is 1.44. The lowest BCUT2D eigenvalue weighted by molar-refractivity contribution is -0.384. The molecule has 3 aromatic rings. The highest BCUT2D eigenvalue weighted by molar-refractivity contribution is 7.15. The maximum absolute atomic E-state index is 12.8. The molecule has 0 unspecified atom stereocenters. The lowest BCUT2D eigenvalue weighted by Gasteiger charge is -2.08. The zero-order valence-corrected chi connectivity index (χ0v) is 18.8. The molecule has 0 bridgehead atoms. The average molecular weight is 482 g/mol. The fourth-order valence-electron chi connectivity index (χ4n) is 2.88. The molecule has 0 atom stereocenters. The van der Waals surface area contributed by atoms with Crippen molar-refractivity contribution in [3.05, 3.63) is 85.7 Å². The molecule has 0 saturated carbocycles. The van der Waals surface area contributed by atoms with E-state index in [2.05, 4.69) is 5.32 Å². The molecule has 3 rings (SSSR count). The summed E-state index contributed by atoms with van der Waals surface area (Å²) in [6.45, 7) is 1.76. The van der Waals surface area contributed by atoms with Crippen LogP contribution in [0.3, 0.4) is 0 Å². The first-order valence-electron chi connectivity index (χ1n) is 9.56. The first-order valence-corrected chi connectivity index (χ1v) is 10.8. The molecule has 0 saturated heterocycles. The number of nitro groups is 1. The van der Waals surface area contributed by atoms with Crippen LogP contribution in [0, 0.1) is 21.4 Å². The zero-order chi connectivity index (χ0) is 24.0. The van der Waals surface area contributed by atoms with Crippen LogP contribution < -0.4 is 5.32 Å². The van der Waals surface area contributed by atoms with E-state index in [9.17, 15) is 25.0 Å². The Morgan fingerprint density at radius 3 is 2.45 bits per heavy atom. The molecule has 166 valence electrons. The van der Waals surface area contributed by atoms with Crippen molar-refractivity contribution in [2.45, 2.75) is 6.92 Å². The van der Waals surface area contributed by atoms with Crippen LogP contribution in [0.25, 0.3) is 17.2 Å². The van der Waals surface area contributed by atoms with Crippen LogP contribution >= 0.6 is 22.9 Å². The number of benzene rings is 2. The second kappa shape index (κ2) is 10.5. The van der Waals surface area contributed by atoms with Gasteiger partial charge < -0.3 is 10.1 Å². The summed E-state index contributed by atoms with van der Waals surface area (Å²) in [5, 5.41) is 25.3. The molecule has 10 heteroatoms. The van der Waals surface area contributed by atoms with E-state index in [1.165, 1.54) is 30.3 Å². The number of thiophene rings is 1. The molecule has 1 N–H and O–H groups in total. The fourth-order valence-corrected chi connectivity index (χ4v) is 3.95. The van der Waals surface area contributed by atoms with E-state index in [-0.39, 0.29) is 28.4 Å². The number of anilines is 1. The highest BCUT2D eigenvalue weighted by Gasteiger charge is 2.24. The quantitative estimate of drug-likeness (QED) is 0.152. The Morgan fingerprint density at radius 1 is 1.21 bits per heavy atom. The van der Waals surface area contributed by atoms with Gasteiger partial charge in [-0.3, -0.25) is 14.9 Å². The van der Waals surface area contributed by atoms with Gasteiger partial charge >= 0.3 is 5.97 Å². The number of esters is 1. The second-order valence-corrected chi connectivity index (χ2v) is 7.87. The molecule has 0 radical (unpaired) electrons. The first-order chi connectivity index (χ1) is 15.8. The standard InChI is InChI=1S/C23H16ClN3O5S/c1-2-32-23(29)20-19(15-5-9-18(10-6-15)27(30)31)13-33-22(20)26-21(28)16(12-25)11-14-3-7-17(24)8-4-14/h3-11,13H,2H2,1H3,(H,26,28). The van der Waals surface area contributed by atoms with E-state index in [0.29, 0.717) is 21.7 Å². The Bertz CT molecular complexity index is 1270. The number of hydrogen-bond acceptors (Lipinski definition) is 7. The molecule has 1 heterocycles. The normalized spacial score (nSPS) is 10.9. The molecule has 33 heavy (non-hydrogen) atoms. The second-order valence-electron chi connectivity index (χ2n) is 6.55. The van der Waals surface area contributed by atoms with Gasteiger partial charge in [0.15, 0.2) is 0 Å². The summed E-state index contributed by atoms with van der Waals surface area (Å²) in [7, 11) is 0. The lowest BCUT2D eigenvalue weighted by Crippen LogP contribution is -2.16. The minimum Gasteiger partial charge on any atom is -0.462 e. The Morgan fingerprint density at radius 2 is 1.88 bits per heavy atom. The highest BCUT2D eigenvalue weighted by atomic mass is 35.5. The molecule has 0 aliphatic rings. The number of nitrogens with zero attached hydrogens (tertiary/aromatic N) is 2. The van der Waals surface area contributed by atoms with Crippen molar-refractivity contribution < 1.29 is 19.2 Å². The van der Waals surface area contributed by atoms with Crippen LogP contribution in [0.2, 0.25) is 5.02 Å². The fraction of sp³-hybridized carbons (Fsp3) is 0.0870. The van der Waals surface area contributed by atoms with Crippen LogP contribution in [0.4, 0.5) is 10.7 Å². The number of carbonyl (C=O) groups is 2. The summed E-state index contributed by atoms with van der Waals surface area (Å²) in [6.07, 6.45) is 1.40. The Balaban J connectivity index is 1.96. The number of nitro benzene ring substituents is 1. The van der Waals surface area contributed by atoms with Crippen molar-refractivity contribution in [1.29, 1.82) is 5.26 Å². The minimum absolute atomic E-state index is 0.0915. The minimum atomic E-state index is -0.699. The van der Waals surface area contributed by atoms with Crippen LogP contribution in [0.15, 0.2) is 59.5 Å². The third-order valence-electron chi connectivity index (χ3n) is 4.43.